The summed E-state index contributed by atoms with van der Waals surface area (Å²) in [6.07, 6.45) is 14.5. The fourth-order valence-electron chi connectivity index (χ4n) is 8.83. The van der Waals surface area contributed by atoms with Crippen molar-refractivity contribution in [2.75, 3.05) is 36.4 Å². The molecular formula is C38H43FN10O. The predicted octanol–water partition coefficient (Wildman–Crippen LogP) is 6.52. The van der Waals surface area contributed by atoms with Crippen LogP contribution >= 0.6 is 0 Å². The fraction of sp³-hybridized carbons (Fsp3) is 0.474. The first-order chi connectivity index (χ1) is 24.3. The van der Waals surface area contributed by atoms with E-state index in [9.17, 15) is 4.39 Å². The lowest BCUT2D eigenvalue weighted by Gasteiger charge is -2.57. The number of imidazole rings is 1. The lowest BCUT2D eigenvalue weighted by atomic mass is 9.68. The third-order valence-electron chi connectivity index (χ3n) is 11.2. The minimum absolute atomic E-state index is 0.218. The molecule has 1 aromatic carbocycles. The maximum Gasteiger partial charge on any atom is 0.282 e. The van der Waals surface area contributed by atoms with Crippen LogP contribution in [-0.2, 0) is 0 Å². The highest BCUT2D eigenvalue weighted by atomic mass is 19.1. The van der Waals surface area contributed by atoms with Crippen LogP contribution in [0.1, 0.15) is 63.3 Å². The molecule has 4 aromatic heterocycles. The van der Waals surface area contributed by atoms with E-state index in [-0.39, 0.29) is 11.2 Å². The van der Waals surface area contributed by atoms with E-state index < -0.39 is 0 Å². The molecule has 2 saturated heterocycles. The van der Waals surface area contributed by atoms with Gasteiger partial charge in [-0.3, -0.25) is 4.90 Å². The lowest BCUT2D eigenvalue weighted by Crippen LogP contribution is -2.65. The Kier molecular flexibility index (Phi) is 7.67. The first kappa shape index (κ1) is 31.3. The Hall–Kier alpha value is -4.71. The maximum absolute atomic E-state index is 14.6. The van der Waals surface area contributed by atoms with Crippen LogP contribution in [0.15, 0.2) is 61.6 Å². The van der Waals surface area contributed by atoms with Crippen LogP contribution in [-0.4, -0.2) is 77.7 Å². The van der Waals surface area contributed by atoms with E-state index >= 15 is 0 Å². The summed E-state index contributed by atoms with van der Waals surface area (Å²) in [4.78, 5) is 23.1. The first-order valence-corrected chi connectivity index (χ1v) is 18.0. The zero-order chi connectivity index (χ0) is 34.0. The average molecular weight is 675 g/mol. The van der Waals surface area contributed by atoms with E-state index in [0.717, 1.165) is 73.7 Å². The average Bonchev–Trinajstić information content (AvgIpc) is 3.71. The summed E-state index contributed by atoms with van der Waals surface area (Å²) in [7, 11) is 0. The molecular weight excluding hydrogens is 631 g/mol. The standard InChI is InChI=1S/C38H43FN10O/c1-23(2)35(26-12-29(13-26)45-28-8-10-47-17-24(3)44-33(47)15-28)49-19-38(20-49)9-11-48(18-38)36-37(46-43-22-42-36)50-32-7-6-27(39)14-30(32)31-16-40-21-41-34(31)25-4-5-25/h6-8,10,14-17,21-23,25-26,29,35,45H,4-5,9,11-13,18-20H2,1-3H3/t26?,29?,35-/m1/s1. The lowest BCUT2D eigenvalue weighted by molar-refractivity contribution is -0.0656. The van der Waals surface area contributed by atoms with Crippen LogP contribution in [0.3, 0.4) is 0 Å². The van der Waals surface area contributed by atoms with Gasteiger partial charge in [-0.15, -0.1) is 10.2 Å². The summed E-state index contributed by atoms with van der Waals surface area (Å²) in [5.74, 6) is 2.79. The van der Waals surface area contributed by atoms with Crippen LogP contribution in [0.25, 0.3) is 16.8 Å². The Labute approximate surface area is 291 Å². The highest BCUT2D eigenvalue weighted by Gasteiger charge is 2.53. The van der Waals surface area contributed by atoms with Gasteiger partial charge in [-0.2, -0.15) is 0 Å². The minimum atomic E-state index is -0.345. The van der Waals surface area contributed by atoms with Crippen molar-refractivity contribution in [1.29, 1.82) is 0 Å². The second kappa shape index (κ2) is 12.3. The number of benzene rings is 1. The number of nitrogens with zero attached hydrogens (tertiary/aromatic N) is 9. The second-order valence-electron chi connectivity index (χ2n) is 15.4. The molecule has 2 saturated carbocycles. The van der Waals surface area contributed by atoms with Crippen molar-refractivity contribution in [1.82, 2.24) is 39.4 Å². The topological polar surface area (TPSA) is 109 Å². The summed E-state index contributed by atoms with van der Waals surface area (Å²) in [5.41, 5.74) is 5.72. The number of likely N-dealkylation sites (tertiary alicyclic amines) is 1. The van der Waals surface area contributed by atoms with Gasteiger partial charge in [0.05, 0.1) is 11.4 Å². The number of hydrogen-bond acceptors (Lipinski definition) is 10. The van der Waals surface area contributed by atoms with Crippen LogP contribution in [0, 0.1) is 30.0 Å². The molecule has 11 nitrogen and oxygen atoms in total. The van der Waals surface area contributed by atoms with Crippen molar-refractivity contribution in [2.45, 2.75) is 70.9 Å². The number of nitrogens with one attached hydrogen (secondary N) is 1. The second-order valence-corrected chi connectivity index (χ2v) is 15.4. The molecule has 50 heavy (non-hydrogen) atoms. The molecule has 5 aromatic rings. The molecule has 9 rings (SSSR count). The maximum atomic E-state index is 14.6. The molecule has 258 valence electrons. The molecule has 0 amide bonds. The van der Waals surface area contributed by atoms with Gasteiger partial charge in [0, 0.05) is 91.1 Å². The number of ether oxygens (including phenoxy) is 1. The molecule has 2 aliphatic carbocycles. The molecule has 2 aliphatic heterocycles. The van der Waals surface area contributed by atoms with Crippen LogP contribution in [0.4, 0.5) is 15.9 Å². The number of hydrogen-bond donors (Lipinski definition) is 1. The number of anilines is 2. The predicted molar refractivity (Wildman–Crippen MR) is 189 cm³/mol. The van der Waals surface area contributed by atoms with Gasteiger partial charge in [0.15, 0.2) is 5.82 Å². The van der Waals surface area contributed by atoms with Crippen LogP contribution in [0.5, 0.6) is 11.6 Å². The van der Waals surface area contributed by atoms with Gasteiger partial charge in [-0.25, -0.2) is 24.3 Å². The summed E-state index contributed by atoms with van der Waals surface area (Å²) in [6.45, 7) is 10.7. The SMILES string of the molecule is Cc1cn2ccc(NC3CC([C@@H](C(C)C)N4CC5(CCN(c6ncnnc6Oc6ccc(F)cc6-c6cncnc6C6CC6)C5)C4)C3)cc2n1. The third kappa shape index (κ3) is 5.82. The van der Waals surface area contributed by atoms with E-state index in [1.165, 1.54) is 31.3 Å². The van der Waals surface area contributed by atoms with Crippen LogP contribution < -0.4 is 15.0 Å². The zero-order valence-corrected chi connectivity index (χ0v) is 28.8. The van der Waals surface area contributed by atoms with Gasteiger partial charge in [0.2, 0.25) is 0 Å². The number of rotatable bonds is 10. The normalized spacial score (nSPS) is 22.1. The Bertz CT molecular complexity index is 2030. The van der Waals surface area contributed by atoms with E-state index in [4.69, 9.17) is 4.74 Å². The van der Waals surface area contributed by atoms with E-state index in [1.807, 2.05) is 6.92 Å². The van der Waals surface area contributed by atoms with Crippen molar-refractivity contribution in [2.24, 2.45) is 17.3 Å². The third-order valence-corrected chi connectivity index (χ3v) is 11.2. The van der Waals surface area contributed by atoms with Gasteiger partial charge in [-0.05, 0) is 75.1 Å². The Morgan fingerprint density at radius 1 is 1.02 bits per heavy atom. The molecule has 4 aliphatic rings. The van der Waals surface area contributed by atoms with Gasteiger partial charge in [-0.1, -0.05) is 13.8 Å². The quantitative estimate of drug-likeness (QED) is 0.176. The summed E-state index contributed by atoms with van der Waals surface area (Å²) >= 11 is 0. The van der Waals surface area contributed by atoms with Crippen molar-refractivity contribution in [3.8, 4) is 22.8 Å². The van der Waals surface area contributed by atoms with Crippen molar-refractivity contribution in [3.05, 3.63) is 78.8 Å². The van der Waals surface area contributed by atoms with E-state index in [2.05, 4.69) is 88.0 Å². The van der Waals surface area contributed by atoms with Gasteiger partial charge < -0.3 is 19.4 Å². The fourth-order valence-corrected chi connectivity index (χ4v) is 8.83. The zero-order valence-electron chi connectivity index (χ0n) is 28.8. The summed E-state index contributed by atoms with van der Waals surface area (Å²) in [5, 5.41) is 12.2. The van der Waals surface area contributed by atoms with Crippen molar-refractivity contribution >= 4 is 17.2 Å². The largest absolute Gasteiger partial charge is 0.434 e. The molecule has 1 spiro atoms. The molecule has 6 heterocycles. The van der Waals surface area contributed by atoms with Gasteiger partial charge in [0.25, 0.3) is 5.88 Å². The van der Waals surface area contributed by atoms with Gasteiger partial charge >= 0.3 is 0 Å². The van der Waals surface area contributed by atoms with E-state index in [1.54, 1.807) is 18.6 Å². The molecule has 12 heteroatoms. The molecule has 0 bridgehead atoms. The first-order valence-electron chi connectivity index (χ1n) is 18.0. The van der Waals surface area contributed by atoms with Crippen molar-refractivity contribution in [3.63, 3.8) is 0 Å². The molecule has 1 N–H and O–H groups in total. The summed E-state index contributed by atoms with van der Waals surface area (Å²) in [6, 6.07) is 9.91. The number of fused-ring (bicyclic) bond motifs is 1. The smallest absolute Gasteiger partial charge is 0.282 e. The molecule has 0 radical (unpaired) electrons. The Morgan fingerprint density at radius 3 is 2.70 bits per heavy atom. The van der Waals surface area contributed by atoms with Crippen LogP contribution in [0.2, 0.25) is 0 Å². The molecule has 4 fully saturated rings. The van der Waals surface area contributed by atoms with Crippen molar-refractivity contribution < 1.29 is 9.13 Å². The number of aryl methyl sites for hydroxylation is 1. The Morgan fingerprint density at radius 2 is 1.88 bits per heavy atom. The highest BCUT2D eigenvalue weighted by molar-refractivity contribution is 5.73. The van der Waals surface area contributed by atoms with Gasteiger partial charge in [0.1, 0.15) is 29.9 Å². The monoisotopic (exact) mass is 674 g/mol. The number of pyridine rings is 1. The van der Waals surface area contributed by atoms with E-state index in [0.29, 0.717) is 52.8 Å². The molecule has 0 unspecified atom stereocenters. The Balaban J connectivity index is 0.857. The number of halogens is 1. The molecule has 1 atom stereocenters. The summed E-state index contributed by atoms with van der Waals surface area (Å²) < 4.78 is 23.1. The number of aromatic nitrogens is 7. The minimum Gasteiger partial charge on any atom is -0.434 e. The highest BCUT2D eigenvalue weighted by Crippen LogP contribution is 2.49.